The smallest absolute Gasteiger partial charge is 0.0900 e. The molecule has 0 aromatic carbocycles. The van der Waals surface area contributed by atoms with E-state index in [0.717, 1.165) is 25.6 Å². The number of aliphatic hydroxyl groups excluding tert-OH is 1. The number of hydrogen-bond acceptors (Lipinski definition) is 3. The molecule has 1 fully saturated rings. The molecule has 1 aliphatic heterocycles. The first kappa shape index (κ1) is 12.9. The van der Waals surface area contributed by atoms with Crippen LogP contribution in [0.25, 0.3) is 0 Å². The predicted octanol–water partition coefficient (Wildman–Crippen LogP) is 1.51. The molecular formula is C12H25NO2. The topological polar surface area (TPSA) is 32.7 Å². The highest BCUT2D eigenvalue weighted by Gasteiger charge is 2.16. The molecule has 0 amide bonds. The van der Waals surface area contributed by atoms with Gasteiger partial charge in [-0.3, -0.25) is 0 Å². The van der Waals surface area contributed by atoms with Crippen molar-refractivity contribution in [3.63, 3.8) is 0 Å². The molecule has 3 nitrogen and oxygen atoms in total. The van der Waals surface area contributed by atoms with Gasteiger partial charge in [0.25, 0.3) is 0 Å². The minimum Gasteiger partial charge on any atom is -0.389 e. The monoisotopic (exact) mass is 215 g/mol. The predicted molar refractivity (Wildman–Crippen MR) is 62.0 cm³/mol. The summed E-state index contributed by atoms with van der Waals surface area (Å²) in [6.07, 6.45) is 3.54. The molecule has 3 heteroatoms. The summed E-state index contributed by atoms with van der Waals surface area (Å²) >= 11 is 0. The summed E-state index contributed by atoms with van der Waals surface area (Å²) in [5.41, 5.74) is 0. The number of aliphatic hydroxyl groups is 1. The van der Waals surface area contributed by atoms with Crippen LogP contribution in [-0.4, -0.2) is 49.0 Å². The standard InChI is InChI=1S/C12H25NO2/c1-3-15-10-12(14)9-13-7-4-5-11(2)6-8-13/h11-12,14H,3-10H2,1-2H3. The molecule has 0 aromatic rings. The van der Waals surface area contributed by atoms with Gasteiger partial charge in [0, 0.05) is 13.2 Å². The third kappa shape index (κ3) is 5.50. The lowest BCUT2D eigenvalue weighted by atomic mass is 10.0. The second kappa shape index (κ2) is 7.20. The lowest BCUT2D eigenvalue weighted by Crippen LogP contribution is -2.35. The highest BCUT2D eigenvalue weighted by atomic mass is 16.5. The molecule has 1 heterocycles. The Hall–Kier alpha value is -0.120. The van der Waals surface area contributed by atoms with Gasteiger partial charge in [0.2, 0.25) is 0 Å². The van der Waals surface area contributed by atoms with Gasteiger partial charge in [-0.1, -0.05) is 6.92 Å². The SMILES string of the molecule is CCOCC(O)CN1CCCC(C)CC1. The van der Waals surface area contributed by atoms with Crippen molar-refractivity contribution in [2.24, 2.45) is 5.92 Å². The zero-order chi connectivity index (χ0) is 11.1. The molecule has 1 saturated heterocycles. The molecule has 0 spiro atoms. The fourth-order valence-electron chi connectivity index (χ4n) is 2.11. The van der Waals surface area contributed by atoms with Crippen molar-refractivity contribution in [2.45, 2.75) is 39.2 Å². The normalized spacial score (nSPS) is 26.2. The van der Waals surface area contributed by atoms with Gasteiger partial charge in [-0.05, 0) is 45.2 Å². The van der Waals surface area contributed by atoms with Gasteiger partial charge in [-0.15, -0.1) is 0 Å². The van der Waals surface area contributed by atoms with E-state index in [9.17, 15) is 5.11 Å². The largest absolute Gasteiger partial charge is 0.389 e. The van der Waals surface area contributed by atoms with Gasteiger partial charge in [-0.25, -0.2) is 0 Å². The number of ether oxygens (including phenoxy) is 1. The van der Waals surface area contributed by atoms with Crippen molar-refractivity contribution >= 4 is 0 Å². The van der Waals surface area contributed by atoms with E-state index in [2.05, 4.69) is 11.8 Å². The number of hydrogen-bond donors (Lipinski definition) is 1. The Morgan fingerprint density at radius 3 is 2.93 bits per heavy atom. The molecule has 1 rings (SSSR count). The number of nitrogens with zero attached hydrogens (tertiary/aromatic N) is 1. The Kier molecular flexibility index (Phi) is 6.22. The van der Waals surface area contributed by atoms with Crippen LogP contribution in [0.15, 0.2) is 0 Å². The van der Waals surface area contributed by atoms with Gasteiger partial charge in [-0.2, -0.15) is 0 Å². The summed E-state index contributed by atoms with van der Waals surface area (Å²) in [5, 5.41) is 9.72. The number of likely N-dealkylation sites (tertiary alicyclic amines) is 1. The highest BCUT2D eigenvalue weighted by molar-refractivity contribution is 4.70. The van der Waals surface area contributed by atoms with E-state index in [0.29, 0.717) is 13.2 Å². The Balaban J connectivity index is 2.18. The lowest BCUT2D eigenvalue weighted by Gasteiger charge is -2.23. The Bertz CT molecular complexity index is 164. The van der Waals surface area contributed by atoms with E-state index >= 15 is 0 Å². The summed E-state index contributed by atoms with van der Waals surface area (Å²) in [5.74, 6) is 0.846. The van der Waals surface area contributed by atoms with Crippen LogP contribution in [0.1, 0.15) is 33.1 Å². The first-order valence-electron chi connectivity index (χ1n) is 6.20. The average Bonchev–Trinajstić information content (AvgIpc) is 2.41. The van der Waals surface area contributed by atoms with Crippen LogP contribution in [0, 0.1) is 5.92 Å². The maximum absolute atomic E-state index is 9.72. The summed E-state index contributed by atoms with van der Waals surface area (Å²) in [4.78, 5) is 2.37. The van der Waals surface area contributed by atoms with Crippen molar-refractivity contribution in [3.8, 4) is 0 Å². The van der Waals surface area contributed by atoms with Crippen LogP contribution in [0.4, 0.5) is 0 Å². The van der Waals surface area contributed by atoms with Gasteiger partial charge in [0.15, 0.2) is 0 Å². The molecule has 0 radical (unpaired) electrons. The zero-order valence-electron chi connectivity index (χ0n) is 10.1. The van der Waals surface area contributed by atoms with E-state index < -0.39 is 0 Å². The highest BCUT2D eigenvalue weighted by Crippen LogP contribution is 2.16. The summed E-state index contributed by atoms with van der Waals surface area (Å²) < 4.78 is 5.21. The average molecular weight is 215 g/mol. The Morgan fingerprint density at radius 2 is 2.20 bits per heavy atom. The van der Waals surface area contributed by atoms with Crippen molar-refractivity contribution in [1.82, 2.24) is 4.90 Å². The fraction of sp³-hybridized carbons (Fsp3) is 1.00. The fourth-order valence-corrected chi connectivity index (χ4v) is 2.11. The van der Waals surface area contributed by atoms with E-state index in [1.165, 1.54) is 19.3 Å². The third-order valence-corrected chi connectivity index (χ3v) is 3.09. The second-order valence-electron chi connectivity index (χ2n) is 4.65. The van der Waals surface area contributed by atoms with E-state index in [1.54, 1.807) is 0 Å². The van der Waals surface area contributed by atoms with Crippen molar-refractivity contribution in [3.05, 3.63) is 0 Å². The Labute approximate surface area is 93.4 Å². The number of β-amino-alcohol motifs (C(OH)–C–C–N with tert-alkyl or cyclic N) is 1. The molecule has 0 aliphatic carbocycles. The van der Waals surface area contributed by atoms with Gasteiger partial charge in [0.05, 0.1) is 12.7 Å². The third-order valence-electron chi connectivity index (χ3n) is 3.09. The molecule has 1 aliphatic rings. The number of rotatable bonds is 5. The maximum atomic E-state index is 9.72. The van der Waals surface area contributed by atoms with Gasteiger partial charge >= 0.3 is 0 Å². The van der Waals surface area contributed by atoms with Crippen molar-refractivity contribution < 1.29 is 9.84 Å². The molecule has 2 atom stereocenters. The zero-order valence-corrected chi connectivity index (χ0v) is 10.1. The molecule has 0 saturated carbocycles. The first-order valence-corrected chi connectivity index (χ1v) is 6.20. The van der Waals surface area contributed by atoms with E-state index in [4.69, 9.17) is 4.74 Å². The van der Waals surface area contributed by atoms with Crippen LogP contribution in [0.5, 0.6) is 0 Å². The maximum Gasteiger partial charge on any atom is 0.0900 e. The molecule has 15 heavy (non-hydrogen) atoms. The quantitative estimate of drug-likeness (QED) is 0.754. The van der Waals surface area contributed by atoms with Crippen LogP contribution >= 0.6 is 0 Å². The minimum atomic E-state index is -0.321. The molecule has 2 unspecified atom stereocenters. The van der Waals surface area contributed by atoms with Crippen molar-refractivity contribution in [1.29, 1.82) is 0 Å². The summed E-state index contributed by atoms with van der Waals surface area (Å²) in [6, 6.07) is 0. The van der Waals surface area contributed by atoms with Crippen LogP contribution in [0.2, 0.25) is 0 Å². The van der Waals surface area contributed by atoms with Crippen LogP contribution in [-0.2, 0) is 4.74 Å². The molecule has 90 valence electrons. The Morgan fingerprint density at radius 1 is 1.40 bits per heavy atom. The summed E-state index contributed by atoms with van der Waals surface area (Å²) in [6.45, 7) is 8.47. The minimum absolute atomic E-state index is 0.321. The van der Waals surface area contributed by atoms with Gasteiger partial charge < -0.3 is 14.7 Å². The molecular weight excluding hydrogens is 190 g/mol. The van der Waals surface area contributed by atoms with Crippen molar-refractivity contribution in [2.75, 3.05) is 32.8 Å². The molecule has 0 bridgehead atoms. The van der Waals surface area contributed by atoms with Gasteiger partial charge in [0.1, 0.15) is 0 Å². The van der Waals surface area contributed by atoms with Crippen LogP contribution < -0.4 is 0 Å². The lowest BCUT2D eigenvalue weighted by molar-refractivity contribution is 0.0216. The first-order chi connectivity index (χ1) is 7.22. The summed E-state index contributed by atoms with van der Waals surface area (Å²) in [7, 11) is 0. The molecule has 0 aromatic heterocycles. The van der Waals surface area contributed by atoms with Crippen LogP contribution in [0.3, 0.4) is 0 Å². The van der Waals surface area contributed by atoms with E-state index in [1.807, 2.05) is 6.92 Å². The molecule has 1 N–H and O–H groups in total. The van der Waals surface area contributed by atoms with E-state index in [-0.39, 0.29) is 6.10 Å². The second-order valence-corrected chi connectivity index (χ2v) is 4.65.